The lowest BCUT2D eigenvalue weighted by Crippen LogP contribution is -1.93. The second kappa shape index (κ2) is 10.2. The monoisotopic (exact) mass is 597 g/mol. The number of fused-ring (bicyclic) bond motifs is 8. The maximum absolute atomic E-state index is 10.0. The largest absolute Gasteiger partial charge is 0.455 e. The minimum Gasteiger partial charge on any atom is -0.455 e. The Morgan fingerprint density at radius 2 is 0.851 bits per heavy atom. The van der Waals surface area contributed by atoms with Crippen molar-refractivity contribution in [3.63, 3.8) is 0 Å². The molecule has 0 atom stereocenters. The molecule has 0 saturated carbocycles. The van der Waals surface area contributed by atoms with Crippen molar-refractivity contribution in [3.05, 3.63) is 170 Å². The fourth-order valence-electron chi connectivity index (χ4n) is 7.64. The third-order valence-corrected chi connectivity index (χ3v) is 9.71. The highest BCUT2D eigenvalue weighted by Gasteiger charge is 2.22. The number of rotatable bonds is 3. The lowest BCUT2D eigenvalue weighted by Gasteiger charge is -2.20. The van der Waals surface area contributed by atoms with Crippen molar-refractivity contribution in [2.45, 2.75) is 0 Å². The van der Waals surface area contributed by atoms with Gasteiger partial charge in [-0.1, -0.05) is 152 Å². The van der Waals surface area contributed by atoms with E-state index in [2.05, 4.69) is 164 Å². The van der Waals surface area contributed by atoms with Crippen molar-refractivity contribution in [1.82, 2.24) is 0 Å². The average molecular weight is 598 g/mol. The highest BCUT2D eigenvalue weighted by atomic mass is 16.3. The summed E-state index contributed by atoms with van der Waals surface area (Å²) in [6, 6.07) is 58.4. The molecule has 9 aromatic carbocycles. The highest BCUT2D eigenvalue weighted by molar-refractivity contribution is 6.27. The van der Waals surface area contributed by atoms with Gasteiger partial charge >= 0.3 is 0 Å². The lowest BCUT2D eigenvalue weighted by molar-refractivity contribution is 0.673. The van der Waals surface area contributed by atoms with Gasteiger partial charge in [0.05, 0.1) is 1.37 Å². The molecule has 0 aliphatic heterocycles. The Balaban J connectivity index is 1.38. The van der Waals surface area contributed by atoms with E-state index in [1.807, 2.05) is 0 Å². The Morgan fingerprint density at radius 1 is 0.362 bits per heavy atom. The molecule has 1 heteroatoms. The van der Waals surface area contributed by atoms with Gasteiger partial charge in [-0.05, 0) is 89.3 Å². The van der Waals surface area contributed by atoms with Crippen molar-refractivity contribution in [2.24, 2.45) is 0 Å². The van der Waals surface area contributed by atoms with Crippen LogP contribution >= 0.6 is 0 Å². The molecule has 10 aromatic rings. The molecule has 0 saturated heterocycles. The summed E-state index contributed by atoms with van der Waals surface area (Å²) in [5.41, 5.74) is 8.39. The fourth-order valence-corrected chi connectivity index (χ4v) is 7.64. The molecule has 218 valence electrons. The van der Waals surface area contributed by atoms with Crippen LogP contribution in [0.2, 0.25) is 0 Å². The first-order valence-corrected chi connectivity index (χ1v) is 16.1. The molecular formula is C46H28O. The van der Waals surface area contributed by atoms with Crippen LogP contribution in [0, 0.1) is 0 Å². The van der Waals surface area contributed by atoms with Gasteiger partial charge in [0, 0.05) is 16.2 Å². The molecule has 0 unspecified atom stereocenters. The van der Waals surface area contributed by atoms with Gasteiger partial charge < -0.3 is 4.42 Å². The van der Waals surface area contributed by atoms with E-state index < -0.39 is 0 Å². The molecule has 0 aliphatic rings. The third kappa shape index (κ3) is 3.90. The predicted octanol–water partition coefficient (Wildman–Crippen LogP) is 13.2. The average Bonchev–Trinajstić information content (AvgIpc) is 3.53. The maximum Gasteiger partial charge on any atom is 0.143 e. The number of hydrogen-bond donors (Lipinski definition) is 0. The summed E-state index contributed by atoms with van der Waals surface area (Å²) in [5.74, 6) is 0. The number of benzene rings is 9. The summed E-state index contributed by atoms with van der Waals surface area (Å²) in [5, 5.41) is 10.7. The Kier molecular flexibility index (Phi) is 5.42. The Labute approximate surface area is 273 Å². The summed E-state index contributed by atoms with van der Waals surface area (Å²) >= 11 is 0. The SMILES string of the molecule is [2H]c1c(-c2c3ccccc3c(-c3ccccc3-c3ccccc3)c3ccccc23)c2ccccc2c2oc3cc4ccccc4cc3c12. The zero-order valence-electron chi connectivity index (χ0n) is 26.5. The molecule has 0 radical (unpaired) electrons. The summed E-state index contributed by atoms with van der Waals surface area (Å²) in [6.45, 7) is 0. The molecule has 0 amide bonds. The van der Waals surface area contributed by atoms with E-state index in [0.29, 0.717) is 6.04 Å². The van der Waals surface area contributed by atoms with Crippen molar-refractivity contribution in [2.75, 3.05) is 0 Å². The molecule has 0 N–H and O–H groups in total. The van der Waals surface area contributed by atoms with E-state index in [0.717, 1.165) is 65.4 Å². The van der Waals surface area contributed by atoms with Crippen molar-refractivity contribution >= 4 is 65.0 Å². The molecule has 0 bridgehead atoms. The second-order valence-corrected chi connectivity index (χ2v) is 12.3. The van der Waals surface area contributed by atoms with Gasteiger partial charge in [-0.15, -0.1) is 0 Å². The second-order valence-electron chi connectivity index (χ2n) is 12.3. The topological polar surface area (TPSA) is 13.1 Å². The number of hydrogen-bond acceptors (Lipinski definition) is 1. The maximum atomic E-state index is 10.0. The minimum absolute atomic E-state index is 0.491. The van der Waals surface area contributed by atoms with Gasteiger partial charge in [-0.3, -0.25) is 0 Å². The molecule has 0 spiro atoms. The first kappa shape index (κ1) is 25.1. The Bertz CT molecular complexity index is 2840. The van der Waals surface area contributed by atoms with Gasteiger partial charge in [-0.25, -0.2) is 0 Å². The minimum atomic E-state index is 0.491. The Hall–Kier alpha value is -6.18. The fraction of sp³-hybridized carbons (Fsp3) is 0. The van der Waals surface area contributed by atoms with Crippen LogP contribution in [0.25, 0.3) is 98.4 Å². The van der Waals surface area contributed by atoms with Crippen molar-refractivity contribution < 1.29 is 5.79 Å². The highest BCUT2D eigenvalue weighted by Crippen LogP contribution is 2.49. The van der Waals surface area contributed by atoms with Crippen LogP contribution in [0.3, 0.4) is 0 Å². The standard InChI is InChI=1S/C46H28O/c1-2-14-29(15-3-1)32-18-6-8-20-34(32)44-35-21-9-11-23-37(35)45(38-24-12-10-22-36(38)44)41-28-42-40-26-30-16-4-5-17-31(30)27-43(40)47-46(42)39-25-13-7-19-33(39)41/h1-28H/i28D. The molecule has 0 aliphatic carbocycles. The summed E-state index contributed by atoms with van der Waals surface area (Å²) in [6.07, 6.45) is 0. The predicted molar refractivity (Wildman–Crippen MR) is 200 cm³/mol. The van der Waals surface area contributed by atoms with Crippen LogP contribution < -0.4 is 0 Å². The van der Waals surface area contributed by atoms with Crippen LogP contribution in [0.1, 0.15) is 1.37 Å². The van der Waals surface area contributed by atoms with Gasteiger partial charge in [-0.2, -0.15) is 0 Å². The van der Waals surface area contributed by atoms with Crippen molar-refractivity contribution in [1.29, 1.82) is 0 Å². The van der Waals surface area contributed by atoms with E-state index in [9.17, 15) is 1.37 Å². The lowest BCUT2D eigenvalue weighted by atomic mass is 9.82. The van der Waals surface area contributed by atoms with Crippen LogP contribution in [0.15, 0.2) is 174 Å². The molecule has 10 rings (SSSR count). The first-order chi connectivity index (χ1) is 23.8. The molecule has 1 nitrogen and oxygen atoms in total. The van der Waals surface area contributed by atoms with Crippen LogP contribution in [-0.4, -0.2) is 0 Å². The molecule has 0 fully saturated rings. The summed E-state index contributed by atoms with van der Waals surface area (Å²) in [4.78, 5) is 0. The van der Waals surface area contributed by atoms with E-state index in [4.69, 9.17) is 4.42 Å². The van der Waals surface area contributed by atoms with Crippen LogP contribution in [0.4, 0.5) is 0 Å². The van der Waals surface area contributed by atoms with Gasteiger partial charge in [0.15, 0.2) is 0 Å². The Morgan fingerprint density at radius 3 is 1.51 bits per heavy atom. The first-order valence-electron chi connectivity index (χ1n) is 16.6. The third-order valence-electron chi connectivity index (χ3n) is 9.71. The van der Waals surface area contributed by atoms with E-state index in [1.54, 1.807) is 0 Å². The van der Waals surface area contributed by atoms with Crippen LogP contribution in [-0.2, 0) is 0 Å². The summed E-state index contributed by atoms with van der Waals surface area (Å²) in [7, 11) is 0. The zero-order chi connectivity index (χ0) is 31.8. The van der Waals surface area contributed by atoms with E-state index in [1.165, 1.54) is 33.0 Å². The number of furan rings is 1. The summed E-state index contributed by atoms with van der Waals surface area (Å²) < 4.78 is 16.7. The normalized spacial score (nSPS) is 12.1. The zero-order valence-corrected chi connectivity index (χ0v) is 25.5. The van der Waals surface area contributed by atoms with Crippen molar-refractivity contribution in [3.8, 4) is 33.4 Å². The molecule has 47 heavy (non-hydrogen) atoms. The quantitative estimate of drug-likeness (QED) is 0.185. The molecular weight excluding hydrogens is 569 g/mol. The molecule has 1 aromatic heterocycles. The van der Waals surface area contributed by atoms with Gasteiger partial charge in [0.25, 0.3) is 0 Å². The van der Waals surface area contributed by atoms with Gasteiger partial charge in [0.2, 0.25) is 0 Å². The van der Waals surface area contributed by atoms with E-state index in [-0.39, 0.29) is 0 Å². The smallest absolute Gasteiger partial charge is 0.143 e. The van der Waals surface area contributed by atoms with Gasteiger partial charge in [0.1, 0.15) is 11.2 Å². The van der Waals surface area contributed by atoms with Crippen LogP contribution in [0.5, 0.6) is 0 Å². The van der Waals surface area contributed by atoms with E-state index >= 15 is 0 Å². The molecule has 1 heterocycles.